The van der Waals surface area contributed by atoms with Crippen LogP contribution in [0, 0.1) is 0 Å². The van der Waals surface area contributed by atoms with Gasteiger partial charge in [0.25, 0.3) is 5.91 Å². The quantitative estimate of drug-likeness (QED) is 0.680. The highest BCUT2D eigenvalue weighted by atomic mass is 35.5. The molecule has 0 spiro atoms. The maximum atomic E-state index is 13.0. The van der Waals surface area contributed by atoms with Crippen LogP contribution >= 0.6 is 34.7 Å². The summed E-state index contributed by atoms with van der Waals surface area (Å²) in [6.45, 7) is 2.91. The zero-order chi connectivity index (χ0) is 21.1. The number of rotatable bonds is 5. The highest BCUT2D eigenvalue weighted by Crippen LogP contribution is 2.32. The molecular formula is C20H24ClN3O3S3. The van der Waals surface area contributed by atoms with Crippen molar-refractivity contribution in [1.29, 1.82) is 0 Å². The molecule has 0 radical (unpaired) electrons. The molecule has 1 aromatic carbocycles. The van der Waals surface area contributed by atoms with E-state index in [9.17, 15) is 13.2 Å². The Balaban J connectivity index is 1.51. The summed E-state index contributed by atoms with van der Waals surface area (Å²) in [4.78, 5) is 15.4. The van der Waals surface area contributed by atoms with Gasteiger partial charge in [0.1, 0.15) is 9.77 Å². The molecule has 0 atom stereocenters. The van der Waals surface area contributed by atoms with Crippen molar-refractivity contribution in [2.24, 2.45) is 0 Å². The van der Waals surface area contributed by atoms with E-state index in [1.807, 2.05) is 12.1 Å². The highest BCUT2D eigenvalue weighted by molar-refractivity contribution is 7.99. The Labute approximate surface area is 190 Å². The third kappa shape index (κ3) is 4.65. The minimum atomic E-state index is -3.68. The number of halogens is 1. The average Bonchev–Trinajstić information content (AvgIpc) is 3.26. The fraction of sp³-hybridized carbons (Fsp3) is 0.450. The number of anilines is 2. The monoisotopic (exact) mass is 485 g/mol. The average molecular weight is 486 g/mol. The van der Waals surface area contributed by atoms with Gasteiger partial charge in [0.05, 0.1) is 10.7 Å². The number of hydrogen-bond donors (Lipinski definition) is 1. The molecule has 162 valence electrons. The Morgan fingerprint density at radius 1 is 1.03 bits per heavy atom. The van der Waals surface area contributed by atoms with Gasteiger partial charge in [-0.2, -0.15) is 16.1 Å². The lowest BCUT2D eigenvalue weighted by Crippen LogP contribution is -2.38. The van der Waals surface area contributed by atoms with Gasteiger partial charge >= 0.3 is 0 Å². The van der Waals surface area contributed by atoms with E-state index in [4.69, 9.17) is 11.6 Å². The Morgan fingerprint density at radius 3 is 2.47 bits per heavy atom. The number of nitrogens with one attached hydrogen (secondary N) is 1. The molecule has 2 saturated heterocycles. The molecule has 1 N–H and O–H groups in total. The van der Waals surface area contributed by atoms with E-state index < -0.39 is 15.9 Å². The first-order valence-electron chi connectivity index (χ1n) is 9.98. The van der Waals surface area contributed by atoms with Crippen LogP contribution in [0.5, 0.6) is 0 Å². The SMILES string of the molecule is O=C(Nc1ccc(N2CCCCC2)c(Cl)c1)c1sccc1S(=O)(=O)N1CCSCC1. The molecule has 0 aliphatic carbocycles. The summed E-state index contributed by atoms with van der Waals surface area (Å²) in [7, 11) is -3.68. The molecule has 1 amide bonds. The van der Waals surface area contributed by atoms with Crippen molar-refractivity contribution >= 4 is 62.0 Å². The third-order valence-electron chi connectivity index (χ3n) is 5.33. The van der Waals surface area contributed by atoms with Gasteiger partial charge in [-0.1, -0.05) is 11.6 Å². The smallest absolute Gasteiger partial charge is 0.267 e. The molecule has 30 heavy (non-hydrogen) atoms. The normalized spacial score (nSPS) is 18.4. The van der Waals surface area contributed by atoms with Crippen molar-refractivity contribution in [3.05, 3.63) is 39.5 Å². The maximum absolute atomic E-state index is 13.0. The lowest BCUT2D eigenvalue weighted by Gasteiger charge is -2.29. The van der Waals surface area contributed by atoms with E-state index in [0.29, 0.717) is 23.8 Å². The molecule has 1 aromatic heterocycles. The fourth-order valence-corrected chi connectivity index (χ4v) is 7.93. The zero-order valence-electron chi connectivity index (χ0n) is 16.5. The first kappa shape index (κ1) is 22.0. The van der Waals surface area contributed by atoms with Gasteiger partial charge < -0.3 is 10.2 Å². The number of carbonyl (C=O) groups excluding carboxylic acids is 1. The number of carbonyl (C=O) groups is 1. The van der Waals surface area contributed by atoms with Crippen molar-refractivity contribution in [3.8, 4) is 0 Å². The van der Waals surface area contributed by atoms with Crippen LogP contribution in [0.3, 0.4) is 0 Å². The van der Waals surface area contributed by atoms with Crippen molar-refractivity contribution in [2.75, 3.05) is 47.9 Å². The second-order valence-corrected chi connectivity index (χ2v) is 11.8. The van der Waals surface area contributed by atoms with Crippen molar-refractivity contribution in [1.82, 2.24) is 4.31 Å². The standard InChI is InChI=1S/C20H24ClN3O3S3/c21-16-14-15(4-5-17(16)23-7-2-1-3-8-23)22-20(25)19-18(6-11-29-19)30(26,27)24-9-12-28-13-10-24/h4-6,11,14H,1-3,7-10,12-13H2,(H,22,25). The highest BCUT2D eigenvalue weighted by Gasteiger charge is 2.31. The predicted molar refractivity (Wildman–Crippen MR) is 126 cm³/mol. The Bertz CT molecular complexity index is 1010. The minimum absolute atomic E-state index is 0.0768. The van der Waals surface area contributed by atoms with Crippen LogP contribution in [0.1, 0.15) is 28.9 Å². The van der Waals surface area contributed by atoms with Crippen LogP contribution in [0.25, 0.3) is 0 Å². The Hall–Kier alpha value is -1.26. The van der Waals surface area contributed by atoms with Gasteiger partial charge in [-0.05, 0) is 48.9 Å². The Morgan fingerprint density at radius 2 is 1.77 bits per heavy atom. The van der Waals surface area contributed by atoms with Gasteiger partial charge in [0.2, 0.25) is 10.0 Å². The molecule has 2 aromatic rings. The molecular weight excluding hydrogens is 462 g/mol. The van der Waals surface area contributed by atoms with E-state index in [2.05, 4.69) is 10.2 Å². The van der Waals surface area contributed by atoms with Crippen LogP contribution in [0.15, 0.2) is 34.5 Å². The van der Waals surface area contributed by atoms with E-state index in [1.54, 1.807) is 23.2 Å². The van der Waals surface area contributed by atoms with Crippen molar-refractivity contribution in [2.45, 2.75) is 24.2 Å². The second-order valence-electron chi connectivity index (χ2n) is 7.30. The van der Waals surface area contributed by atoms with E-state index in [-0.39, 0.29) is 9.77 Å². The topological polar surface area (TPSA) is 69.7 Å². The Kier molecular flexibility index (Phi) is 6.94. The van der Waals surface area contributed by atoms with Crippen LogP contribution in [-0.4, -0.2) is 56.3 Å². The van der Waals surface area contributed by atoms with Gasteiger partial charge in [-0.3, -0.25) is 4.79 Å². The molecule has 3 heterocycles. The van der Waals surface area contributed by atoms with Crippen molar-refractivity contribution < 1.29 is 13.2 Å². The fourth-order valence-electron chi connectivity index (χ4n) is 3.76. The molecule has 0 bridgehead atoms. The number of nitrogens with zero attached hydrogens (tertiary/aromatic N) is 2. The number of sulfonamides is 1. The third-order valence-corrected chi connectivity index (χ3v) is 9.55. The van der Waals surface area contributed by atoms with Crippen molar-refractivity contribution in [3.63, 3.8) is 0 Å². The van der Waals surface area contributed by atoms with E-state index in [1.165, 1.54) is 16.8 Å². The van der Waals surface area contributed by atoms with E-state index >= 15 is 0 Å². The summed E-state index contributed by atoms with van der Waals surface area (Å²) < 4.78 is 27.5. The molecule has 6 nitrogen and oxygen atoms in total. The second kappa shape index (κ2) is 9.48. The lowest BCUT2D eigenvalue weighted by atomic mass is 10.1. The summed E-state index contributed by atoms with van der Waals surface area (Å²) in [5, 5.41) is 5.04. The first-order valence-corrected chi connectivity index (χ1v) is 13.8. The molecule has 2 aliphatic heterocycles. The summed E-state index contributed by atoms with van der Waals surface area (Å²) in [5.41, 5.74) is 1.52. The summed E-state index contributed by atoms with van der Waals surface area (Å²) >= 11 is 9.35. The predicted octanol–water partition coefficient (Wildman–Crippen LogP) is 4.38. The number of thioether (sulfide) groups is 1. The van der Waals surface area contributed by atoms with Crippen LogP contribution in [0.2, 0.25) is 5.02 Å². The van der Waals surface area contributed by atoms with Gasteiger partial charge in [-0.15, -0.1) is 11.3 Å². The van der Waals surface area contributed by atoms with Crippen LogP contribution in [-0.2, 0) is 10.0 Å². The summed E-state index contributed by atoms with van der Waals surface area (Å²) in [5.74, 6) is 1.11. The molecule has 2 fully saturated rings. The number of benzene rings is 1. The molecule has 0 unspecified atom stereocenters. The summed E-state index contributed by atoms with van der Waals surface area (Å²) in [6, 6.07) is 6.98. The lowest BCUT2D eigenvalue weighted by molar-refractivity contribution is 0.102. The zero-order valence-corrected chi connectivity index (χ0v) is 19.7. The first-order chi connectivity index (χ1) is 14.5. The number of amides is 1. The van der Waals surface area contributed by atoms with Gasteiger partial charge in [0, 0.05) is 43.4 Å². The molecule has 4 rings (SSSR count). The van der Waals surface area contributed by atoms with Gasteiger partial charge in [-0.25, -0.2) is 8.42 Å². The summed E-state index contributed by atoms with van der Waals surface area (Å²) in [6.07, 6.45) is 3.55. The van der Waals surface area contributed by atoms with Crippen LogP contribution < -0.4 is 10.2 Å². The van der Waals surface area contributed by atoms with Crippen LogP contribution in [0.4, 0.5) is 11.4 Å². The number of thiophene rings is 1. The maximum Gasteiger partial charge on any atom is 0.267 e. The molecule has 10 heteroatoms. The minimum Gasteiger partial charge on any atom is -0.370 e. The molecule has 0 saturated carbocycles. The number of hydrogen-bond acceptors (Lipinski definition) is 6. The van der Waals surface area contributed by atoms with E-state index in [0.717, 1.165) is 54.5 Å². The number of piperidine rings is 1. The molecule has 2 aliphatic rings. The largest absolute Gasteiger partial charge is 0.370 e. The van der Waals surface area contributed by atoms with Gasteiger partial charge in [0.15, 0.2) is 0 Å².